The SMILES string of the molecule is Cc1cc(CN(C)C2CNC2)ccc1Br. The average Bonchev–Trinajstić information content (AvgIpc) is 2.08. The minimum Gasteiger partial charge on any atom is -0.314 e. The molecule has 1 fully saturated rings. The zero-order valence-corrected chi connectivity index (χ0v) is 10.8. The van der Waals surface area contributed by atoms with Crippen molar-refractivity contribution in [3.8, 4) is 0 Å². The summed E-state index contributed by atoms with van der Waals surface area (Å²) in [6.07, 6.45) is 0. The van der Waals surface area contributed by atoms with E-state index in [0.717, 1.165) is 19.6 Å². The van der Waals surface area contributed by atoms with Crippen molar-refractivity contribution in [1.82, 2.24) is 10.2 Å². The van der Waals surface area contributed by atoms with E-state index in [1.807, 2.05) is 0 Å². The zero-order chi connectivity index (χ0) is 10.8. The van der Waals surface area contributed by atoms with Gasteiger partial charge in [-0.25, -0.2) is 0 Å². The van der Waals surface area contributed by atoms with Crippen molar-refractivity contribution >= 4 is 15.9 Å². The third-order valence-corrected chi connectivity index (χ3v) is 3.93. The molecule has 1 heterocycles. The second-order valence-corrected chi connectivity index (χ2v) is 5.17. The fourth-order valence-electron chi connectivity index (χ4n) is 1.81. The van der Waals surface area contributed by atoms with Crippen LogP contribution in [0.4, 0.5) is 0 Å². The van der Waals surface area contributed by atoms with Crippen molar-refractivity contribution < 1.29 is 0 Å². The fraction of sp³-hybridized carbons (Fsp3) is 0.500. The summed E-state index contributed by atoms with van der Waals surface area (Å²) in [7, 11) is 2.20. The maximum atomic E-state index is 3.53. The molecule has 1 aromatic carbocycles. The Balaban J connectivity index is 2.00. The number of hydrogen-bond donors (Lipinski definition) is 1. The fourth-order valence-corrected chi connectivity index (χ4v) is 2.05. The topological polar surface area (TPSA) is 15.3 Å². The van der Waals surface area contributed by atoms with Crippen LogP contribution in [0.1, 0.15) is 11.1 Å². The summed E-state index contributed by atoms with van der Waals surface area (Å²) in [6.45, 7) is 5.44. The zero-order valence-electron chi connectivity index (χ0n) is 9.26. The predicted octanol–water partition coefficient (Wildman–Crippen LogP) is 2.16. The van der Waals surface area contributed by atoms with Crippen LogP contribution in [0.15, 0.2) is 22.7 Å². The van der Waals surface area contributed by atoms with Gasteiger partial charge in [0, 0.05) is 30.1 Å². The van der Waals surface area contributed by atoms with E-state index in [-0.39, 0.29) is 0 Å². The lowest BCUT2D eigenvalue weighted by Crippen LogP contribution is -2.55. The van der Waals surface area contributed by atoms with Gasteiger partial charge < -0.3 is 5.32 Å². The Kier molecular flexibility index (Phi) is 3.44. The van der Waals surface area contributed by atoms with Crippen molar-refractivity contribution in [3.63, 3.8) is 0 Å². The maximum Gasteiger partial charge on any atom is 0.0345 e. The normalized spacial score (nSPS) is 16.8. The summed E-state index contributed by atoms with van der Waals surface area (Å²) in [4.78, 5) is 2.42. The van der Waals surface area contributed by atoms with E-state index < -0.39 is 0 Å². The summed E-state index contributed by atoms with van der Waals surface area (Å²) < 4.78 is 1.19. The molecule has 1 aliphatic rings. The Bertz CT molecular complexity index is 347. The van der Waals surface area contributed by atoms with Crippen LogP contribution >= 0.6 is 15.9 Å². The highest BCUT2D eigenvalue weighted by molar-refractivity contribution is 9.10. The van der Waals surface area contributed by atoms with Gasteiger partial charge in [0.05, 0.1) is 0 Å². The largest absolute Gasteiger partial charge is 0.314 e. The standard InChI is InChI=1S/C12H17BrN2/c1-9-5-10(3-4-12(9)13)8-15(2)11-6-14-7-11/h3-5,11,14H,6-8H2,1-2H3. The summed E-state index contributed by atoms with van der Waals surface area (Å²) in [5.41, 5.74) is 2.71. The van der Waals surface area contributed by atoms with Crippen molar-refractivity contribution in [2.24, 2.45) is 0 Å². The Hall–Kier alpha value is -0.380. The van der Waals surface area contributed by atoms with Crippen LogP contribution in [0.25, 0.3) is 0 Å². The Labute approximate surface area is 99.8 Å². The Morgan fingerprint density at radius 2 is 2.20 bits per heavy atom. The molecule has 1 saturated heterocycles. The quantitative estimate of drug-likeness (QED) is 0.904. The minimum absolute atomic E-state index is 0.717. The van der Waals surface area contributed by atoms with E-state index in [0.29, 0.717) is 6.04 Å². The van der Waals surface area contributed by atoms with Crippen molar-refractivity contribution in [1.29, 1.82) is 0 Å². The lowest BCUT2D eigenvalue weighted by molar-refractivity contribution is 0.173. The number of benzene rings is 1. The van der Waals surface area contributed by atoms with Crippen LogP contribution in [0.2, 0.25) is 0 Å². The van der Waals surface area contributed by atoms with E-state index in [1.165, 1.54) is 15.6 Å². The first kappa shape index (κ1) is 11.1. The number of nitrogens with one attached hydrogen (secondary N) is 1. The van der Waals surface area contributed by atoms with E-state index in [2.05, 4.69) is 58.3 Å². The second kappa shape index (κ2) is 4.64. The van der Waals surface area contributed by atoms with Gasteiger partial charge in [-0.2, -0.15) is 0 Å². The highest BCUT2D eigenvalue weighted by atomic mass is 79.9. The molecule has 0 aliphatic carbocycles. The van der Waals surface area contributed by atoms with E-state index in [9.17, 15) is 0 Å². The third kappa shape index (κ3) is 2.60. The van der Waals surface area contributed by atoms with Gasteiger partial charge >= 0.3 is 0 Å². The molecule has 82 valence electrons. The highest BCUT2D eigenvalue weighted by Gasteiger charge is 2.21. The maximum absolute atomic E-state index is 3.53. The van der Waals surface area contributed by atoms with Gasteiger partial charge in [-0.1, -0.05) is 28.1 Å². The minimum atomic E-state index is 0.717. The first-order valence-electron chi connectivity index (χ1n) is 5.33. The summed E-state index contributed by atoms with van der Waals surface area (Å²) in [5, 5.41) is 3.30. The van der Waals surface area contributed by atoms with Gasteiger partial charge in [0.25, 0.3) is 0 Å². The van der Waals surface area contributed by atoms with Gasteiger partial charge in [-0.05, 0) is 31.2 Å². The molecule has 0 saturated carbocycles. The van der Waals surface area contributed by atoms with E-state index in [1.54, 1.807) is 0 Å². The molecule has 2 rings (SSSR count). The Morgan fingerprint density at radius 1 is 1.47 bits per heavy atom. The first-order valence-corrected chi connectivity index (χ1v) is 6.12. The van der Waals surface area contributed by atoms with Crippen LogP contribution in [0.3, 0.4) is 0 Å². The molecule has 3 heteroatoms. The van der Waals surface area contributed by atoms with E-state index in [4.69, 9.17) is 0 Å². The smallest absolute Gasteiger partial charge is 0.0345 e. The number of likely N-dealkylation sites (N-methyl/N-ethyl adjacent to an activating group) is 1. The van der Waals surface area contributed by atoms with Crippen molar-refractivity contribution in [2.75, 3.05) is 20.1 Å². The molecule has 0 unspecified atom stereocenters. The summed E-state index contributed by atoms with van der Waals surface area (Å²) in [6, 6.07) is 7.30. The molecule has 15 heavy (non-hydrogen) atoms. The van der Waals surface area contributed by atoms with Crippen molar-refractivity contribution in [3.05, 3.63) is 33.8 Å². The molecule has 0 aromatic heterocycles. The molecule has 1 N–H and O–H groups in total. The molecule has 0 bridgehead atoms. The van der Waals surface area contributed by atoms with Crippen LogP contribution in [-0.4, -0.2) is 31.1 Å². The molecule has 0 spiro atoms. The second-order valence-electron chi connectivity index (χ2n) is 4.31. The molecular weight excluding hydrogens is 252 g/mol. The lowest BCUT2D eigenvalue weighted by Gasteiger charge is -2.35. The number of hydrogen-bond acceptors (Lipinski definition) is 2. The molecule has 0 radical (unpaired) electrons. The number of halogens is 1. The van der Waals surface area contributed by atoms with E-state index >= 15 is 0 Å². The first-order chi connectivity index (χ1) is 7.16. The molecule has 1 aromatic rings. The van der Waals surface area contributed by atoms with Crippen molar-refractivity contribution in [2.45, 2.75) is 19.5 Å². The molecule has 0 atom stereocenters. The molecule has 1 aliphatic heterocycles. The third-order valence-electron chi connectivity index (χ3n) is 3.04. The monoisotopic (exact) mass is 268 g/mol. The van der Waals surface area contributed by atoms with Gasteiger partial charge in [-0.3, -0.25) is 4.90 Å². The number of nitrogens with zero attached hydrogens (tertiary/aromatic N) is 1. The Morgan fingerprint density at radius 3 is 2.73 bits per heavy atom. The summed E-state index contributed by atoms with van der Waals surface area (Å²) >= 11 is 3.53. The average molecular weight is 269 g/mol. The molecule has 0 amide bonds. The van der Waals surface area contributed by atoms with Crippen LogP contribution in [0.5, 0.6) is 0 Å². The van der Waals surface area contributed by atoms with Gasteiger partial charge in [0.1, 0.15) is 0 Å². The molecule has 2 nitrogen and oxygen atoms in total. The number of rotatable bonds is 3. The van der Waals surface area contributed by atoms with Crippen LogP contribution < -0.4 is 5.32 Å². The van der Waals surface area contributed by atoms with Crippen LogP contribution in [0, 0.1) is 6.92 Å². The molecular formula is C12H17BrN2. The van der Waals surface area contributed by atoms with Crippen LogP contribution in [-0.2, 0) is 6.54 Å². The van der Waals surface area contributed by atoms with Gasteiger partial charge in [-0.15, -0.1) is 0 Å². The van der Waals surface area contributed by atoms with Gasteiger partial charge in [0.15, 0.2) is 0 Å². The predicted molar refractivity (Wildman–Crippen MR) is 67.0 cm³/mol. The summed E-state index contributed by atoms with van der Waals surface area (Å²) in [5.74, 6) is 0. The van der Waals surface area contributed by atoms with Gasteiger partial charge in [0.2, 0.25) is 0 Å². The highest BCUT2D eigenvalue weighted by Crippen LogP contribution is 2.18. The number of aryl methyl sites for hydroxylation is 1. The lowest BCUT2D eigenvalue weighted by atomic mass is 10.1.